The molecule has 0 radical (unpaired) electrons. The molecule has 0 amide bonds. The number of thiophene rings is 1. The second-order valence-electron chi connectivity index (χ2n) is 3.80. The van der Waals surface area contributed by atoms with E-state index in [1.165, 1.54) is 29.5 Å². The Morgan fingerprint density at radius 3 is 2.63 bits per heavy atom. The molecule has 19 heavy (non-hydrogen) atoms. The fraction of sp³-hybridized carbons (Fsp3) is 0.167. The lowest BCUT2D eigenvalue weighted by atomic mass is 10.3. The van der Waals surface area contributed by atoms with Crippen LogP contribution >= 0.6 is 27.3 Å². The monoisotopic (exact) mass is 363 g/mol. The first-order valence-corrected chi connectivity index (χ1v) is 8.58. The van der Waals surface area contributed by atoms with E-state index in [0.717, 1.165) is 11.3 Å². The summed E-state index contributed by atoms with van der Waals surface area (Å²) in [5.74, 6) is -0.431. The highest BCUT2D eigenvalue weighted by molar-refractivity contribution is 9.10. The van der Waals surface area contributed by atoms with Crippen molar-refractivity contribution < 1.29 is 12.8 Å². The van der Waals surface area contributed by atoms with Gasteiger partial charge in [0.25, 0.3) is 10.0 Å². The molecule has 0 bridgehead atoms. The van der Waals surface area contributed by atoms with Gasteiger partial charge in [-0.05, 0) is 52.7 Å². The van der Waals surface area contributed by atoms with Gasteiger partial charge in [-0.2, -0.15) is 0 Å². The third kappa shape index (κ3) is 3.34. The molecule has 2 rings (SSSR count). The average Bonchev–Trinajstić information content (AvgIpc) is 2.82. The summed E-state index contributed by atoms with van der Waals surface area (Å²) >= 11 is 4.36. The second kappa shape index (κ2) is 5.60. The van der Waals surface area contributed by atoms with Crippen molar-refractivity contribution in [2.75, 3.05) is 4.72 Å². The van der Waals surface area contributed by atoms with Crippen LogP contribution in [0.5, 0.6) is 0 Å². The molecular weight excluding hydrogens is 353 g/mol. The molecule has 0 saturated carbocycles. The van der Waals surface area contributed by atoms with Crippen LogP contribution in [0.1, 0.15) is 11.8 Å². The van der Waals surface area contributed by atoms with Crippen LogP contribution in [-0.4, -0.2) is 8.42 Å². The molecule has 1 aromatic heterocycles. The van der Waals surface area contributed by atoms with Gasteiger partial charge in [0.05, 0.1) is 5.69 Å². The Kier molecular flexibility index (Phi) is 4.27. The Morgan fingerprint density at radius 1 is 1.32 bits per heavy atom. The van der Waals surface area contributed by atoms with Crippen LogP contribution in [0.25, 0.3) is 0 Å². The molecule has 0 aliphatic rings. The maximum Gasteiger partial charge on any atom is 0.271 e. The maximum absolute atomic E-state index is 12.9. The van der Waals surface area contributed by atoms with E-state index in [-0.39, 0.29) is 4.21 Å². The third-order valence-electron chi connectivity index (χ3n) is 2.43. The van der Waals surface area contributed by atoms with Crippen LogP contribution in [0, 0.1) is 5.82 Å². The number of nitrogens with one attached hydrogen (secondary N) is 1. The summed E-state index contributed by atoms with van der Waals surface area (Å²) in [4.78, 5) is 0.999. The van der Waals surface area contributed by atoms with E-state index in [1.807, 2.05) is 6.92 Å². The van der Waals surface area contributed by atoms with Gasteiger partial charge in [-0.15, -0.1) is 11.3 Å². The molecule has 1 aromatic carbocycles. The van der Waals surface area contributed by atoms with Gasteiger partial charge in [-0.3, -0.25) is 4.72 Å². The van der Waals surface area contributed by atoms with Crippen molar-refractivity contribution in [1.29, 1.82) is 0 Å². The van der Waals surface area contributed by atoms with E-state index >= 15 is 0 Å². The smallest absolute Gasteiger partial charge is 0.271 e. The molecule has 0 unspecified atom stereocenters. The highest BCUT2D eigenvalue weighted by Gasteiger charge is 2.18. The van der Waals surface area contributed by atoms with E-state index in [4.69, 9.17) is 0 Å². The SMILES string of the molecule is CCc1ccc(S(=O)(=O)Nc2ccc(F)cc2Br)s1. The molecule has 7 heteroatoms. The zero-order valence-corrected chi connectivity index (χ0v) is 13.2. The van der Waals surface area contributed by atoms with Crippen molar-refractivity contribution in [3.8, 4) is 0 Å². The molecule has 1 N–H and O–H groups in total. The predicted octanol–water partition coefficient (Wildman–Crippen LogP) is 4.01. The standard InChI is InChI=1S/C12H11BrFNO2S2/c1-2-9-4-6-12(18-9)19(16,17)15-11-5-3-8(14)7-10(11)13/h3-7,15H,2H2,1H3. The Bertz CT molecular complexity index is 698. The van der Waals surface area contributed by atoms with Crippen LogP contribution in [0.15, 0.2) is 39.0 Å². The van der Waals surface area contributed by atoms with Gasteiger partial charge in [-0.25, -0.2) is 12.8 Å². The van der Waals surface area contributed by atoms with E-state index in [0.29, 0.717) is 10.2 Å². The fourth-order valence-corrected chi connectivity index (χ4v) is 4.42. The number of hydrogen-bond donors (Lipinski definition) is 1. The Labute approximate surface area is 123 Å². The van der Waals surface area contributed by atoms with Crippen LogP contribution in [-0.2, 0) is 16.4 Å². The van der Waals surface area contributed by atoms with Crippen LogP contribution in [0.2, 0.25) is 0 Å². The molecule has 102 valence electrons. The molecule has 0 atom stereocenters. The topological polar surface area (TPSA) is 46.2 Å². The summed E-state index contributed by atoms with van der Waals surface area (Å²) in [5, 5.41) is 0. The third-order valence-corrected chi connectivity index (χ3v) is 6.17. The van der Waals surface area contributed by atoms with Gasteiger partial charge in [0.1, 0.15) is 10.0 Å². The van der Waals surface area contributed by atoms with Crippen molar-refractivity contribution in [2.24, 2.45) is 0 Å². The summed E-state index contributed by atoms with van der Waals surface area (Å²) in [6.45, 7) is 1.96. The molecule has 0 saturated heterocycles. The normalized spacial score (nSPS) is 11.5. The van der Waals surface area contributed by atoms with E-state index < -0.39 is 15.8 Å². The molecule has 1 heterocycles. The number of rotatable bonds is 4. The molecule has 0 aliphatic heterocycles. The minimum Gasteiger partial charge on any atom is -0.278 e. The van der Waals surface area contributed by atoms with Crippen molar-refractivity contribution in [3.05, 3.63) is 45.5 Å². The maximum atomic E-state index is 12.9. The Hall–Kier alpha value is -0.920. The molecular formula is C12H11BrFNO2S2. The lowest BCUT2D eigenvalue weighted by molar-refractivity contribution is 0.603. The quantitative estimate of drug-likeness (QED) is 0.891. The van der Waals surface area contributed by atoms with Crippen molar-refractivity contribution in [2.45, 2.75) is 17.6 Å². The van der Waals surface area contributed by atoms with Crippen LogP contribution < -0.4 is 4.72 Å². The summed E-state index contributed by atoms with van der Waals surface area (Å²) < 4.78 is 40.3. The van der Waals surface area contributed by atoms with E-state index in [9.17, 15) is 12.8 Å². The van der Waals surface area contributed by atoms with Crippen LogP contribution in [0.3, 0.4) is 0 Å². The molecule has 3 nitrogen and oxygen atoms in total. The van der Waals surface area contributed by atoms with Crippen LogP contribution in [0.4, 0.5) is 10.1 Å². The van der Waals surface area contributed by atoms with Gasteiger partial charge in [0, 0.05) is 9.35 Å². The molecule has 0 spiro atoms. The number of hydrogen-bond acceptors (Lipinski definition) is 3. The van der Waals surface area contributed by atoms with E-state index in [1.54, 1.807) is 12.1 Å². The lowest BCUT2D eigenvalue weighted by Crippen LogP contribution is -2.11. The fourth-order valence-electron chi connectivity index (χ4n) is 1.46. The zero-order chi connectivity index (χ0) is 14.0. The molecule has 0 aliphatic carbocycles. The Balaban J connectivity index is 2.30. The summed E-state index contributed by atoms with van der Waals surface area (Å²) in [6, 6.07) is 7.16. The second-order valence-corrected chi connectivity index (χ2v) is 7.74. The first-order valence-electron chi connectivity index (χ1n) is 5.49. The minimum absolute atomic E-state index is 0.251. The zero-order valence-electron chi connectivity index (χ0n) is 9.98. The van der Waals surface area contributed by atoms with Gasteiger partial charge >= 0.3 is 0 Å². The first kappa shape index (κ1) is 14.5. The van der Waals surface area contributed by atoms with Gasteiger partial charge in [0.15, 0.2) is 0 Å². The number of anilines is 1. The summed E-state index contributed by atoms with van der Waals surface area (Å²) in [6.07, 6.45) is 0.792. The number of sulfonamides is 1. The van der Waals surface area contributed by atoms with Crippen molar-refractivity contribution in [3.63, 3.8) is 0 Å². The highest BCUT2D eigenvalue weighted by Crippen LogP contribution is 2.28. The van der Waals surface area contributed by atoms with Gasteiger partial charge < -0.3 is 0 Å². The predicted molar refractivity (Wildman–Crippen MR) is 78.6 cm³/mol. The summed E-state index contributed by atoms with van der Waals surface area (Å²) in [5.41, 5.74) is 0.313. The first-order chi connectivity index (χ1) is 8.92. The largest absolute Gasteiger partial charge is 0.278 e. The lowest BCUT2D eigenvalue weighted by Gasteiger charge is -2.08. The Morgan fingerprint density at radius 2 is 2.05 bits per heavy atom. The number of aryl methyl sites for hydroxylation is 1. The van der Waals surface area contributed by atoms with Crippen molar-refractivity contribution in [1.82, 2.24) is 0 Å². The number of benzene rings is 1. The van der Waals surface area contributed by atoms with Crippen molar-refractivity contribution >= 4 is 43.0 Å². The minimum atomic E-state index is -3.62. The van der Waals surface area contributed by atoms with Gasteiger partial charge in [0.2, 0.25) is 0 Å². The van der Waals surface area contributed by atoms with E-state index in [2.05, 4.69) is 20.7 Å². The summed E-state index contributed by atoms with van der Waals surface area (Å²) in [7, 11) is -3.62. The van der Waals surface area contributed by atoms with Gasteiger partial charge in [-0.1, -0.05) is 6.92 Å². The highest BCUT2D eigenvalue weighted by atomic mass is 79.9. The molecule has 2 aromatic rings. The molecule has 0 fully saturated rings. The average molecular weight is 364 g/mol. The number of halogens is 2.